The maximum atomic E-state index is 4.96. The standard InChI is InChI=1S/C11H20N4OS/c1-4-9-7-14-10(17-9)8-15-11(12-2)13-5-6-16-3/h7H,4-6,8H2,1-3H3,(H2,12,13,15). The molecule has 0 fully saturated rings. The number of nitrogens with one attached hydrogen (secondary N) is 2. The average molecular weight is 256 g/mol. The van der Waals surface area contributed by atoms with E-state index in [1.807, 2.05) is 6.20 Å². The summed E-state index contributed by atoms with van der Waals surface area (Å²) < 4.78 is 4.96. The Morgan fingerprint density at radius 1 is 1.53 bits per heavy atom. The Bertz CT molecular complexity index is 351. The summed E-state index contributed by atoms with van der Waals surface area (Å²) in [6.45, 7) is 4.25. The third-order valence-electron chi connectivity index (χ3n) is 2.18. The zero-order valence-corrected chi connectivity index (χ0v) is 11.4. The first kappa shape index (κ1) is 13.9. The monoisotopic (exact) mass is 256 g/mol. The van der Waals surface area contributed by atoms with Crippen LogP contribution < -0.4 is 10.6 Å². The van der Waals surface area contributed by atoms with Crippen molar-refractivity contribution < 1.29 is 4.74 Å². The molecule has 0 aromatic carbocycles. The van der Waals surface area contributed by atoms with Crippen molar-refractivity contribution in [2.24, 2.45) is 4.99 Å². The summed E-state index contributed by atoms with van der Waals surface area (Å²) in [5.41, 5.74) is 0. The van der Waals surface area contributed by atoms with E-state index in [0.717, 1.165) is 23.9 Å². The predicted molar refractivity (Wildman–Crippen MR) is 71.6 cm³/mol. The largest absolute Gasteiger partial charge is 0.383 e. The van der Waals surface area contributed by atoms with Gasteiger partial charge in [0.1, 0.15) is 5.01 Å². The van der Waals surface area contributed by atoms with Gasteiger partial charge in [-0.15, -0.1) is 11.3 Å². The number of ether oxygens (including phenoxy) is 1. The Morgan fingerprint density at radius 3 is 2.94 bits per heavy atom. The van der Waals surface area contributed by atoms with Crippen molar-refractivity contribution in [3.05, 3.63) is 16.1 Å². The van der Waals surface area contributed by atoms with Crippen LogP contribution in [0, 0.1) is 0 Å². The van der Waals surface area contributed by atoms with Gasteiger partial charge in [-0.3, -0.25) is 4.99 Å². The number of thiazole rings is 1. The molecule has 96 valence electrons. The molecule has 0 saturated heterocycles. The number of hydrogen-bond acceptors (Lipinski definition) is 4. The molecule has 1 heterocycles. The molecule has 0 bridgehead atoms. The molecule has 0 radical (unpaired) electrons. The van der Waals surface area contributed by atoms with Gasteiger partial charge in [-0.05, 0) is 6.42 Å². The molecule has 2 N–H and O–H groups in total. The Kier molecular flexibility index (Phi) is 6.57. The molecule has 1 aromatic heterocycles. The van der Waals surface area contributed by atoms with Crippen LogP contribution in [0.15, 0.2) is 11.2 Å². The molecule has 0 aliphatic heterocycles. The Morgan fingerprint density at radius 2 is 2.35 bits per heavy atom. The molecule has 17 heavy (non-hydrogen) atoms. The zero-order chi connectivity index (χ0) is 12.5. The number of hydrogen-bond donors (Lipinski definition) is 2. The van der Waals surface area contributed by atoms with Gasteiger partial charge in [0.25, 0.3) is 0 Å². The summed E-state index contributed by atoms with van der Waals surface area (Å²) in [4.78, 5) is 9.77. The smallest absolute Gasteiger partial charge is 0.191 e. The van der Waals surface area contributed by atoms with Crippen LogP contribution >= 0.6 is 11.3 Å². The second kappa shape index (κ2) is 8.03. The van der Waals surface area contributed by atoms with Crippen molar-refractivity contribution in [3.8, 4) is 0 Å². The molecule has 6 heteroatoms. The van der Waals surface area contributed by atoms with Gasteiger partial charge in [0.15, 0.2) is 5.96 Å². The molecule has 1 rings (SSSR count). The van der Waals surface area contributed by atoms with E-state index in [1.165, 1.54) is 4.88 Å². The van der Waals surface area contributed by atoms with Gasteiger partial charge in [-0.2, -0.15) is 0 Å². The Hall–Kier alpha value is -1.14. The maximum Gasteiger partial charge on any atom is 0.191 e. The Labute approximate surface area is 106 Å². The van der Waals surface area contributed by atoms with Crippen LogP contribution in [0.5, 0.6) is 0 Å². The maximum absolute atomic E-state index is 4.96. The number of aryl methyl sites for hydroxylation is 1. The SMILES string of the molecule is CCc1cnc(CNC(=NC)NCCOC)s1. The summed E-state index contributed by atoms with van der Waals surface area (Å²) in [5, 5.41) is 7.45. The van der Waals surface area contributed by atoms with Crippen molar-refractivity contribution in [2.75, 3.05) is 27.3 Å². The Balaban J connectivity index is 2.32. The lowest BCUT2D eigenvalue weighted by atomic mass is 10.4. The van der Waals surface area contributed by atoms with E-state index in [1.54, 1.807) is 25.5 Å². The third kappa shape index (κ3) is 5.14. The summed E-state index contributed by atoms with van der Waals surface area (Å²) in [6, 6.07) is 0. The second-order valence-corrected chi connectivity index (χ2v) is 4.62. The molecule has 0 aliphatic carbocycles. The van der Waals surface area contributed by atoms with Crippen molar-refractivity contribution in [2.45, 2.75) is 19.9 Å². The summed E-state index contributed by atoms with van der Waals surface area (Å²) >= 11 is 1.73. The highest BCUT2D eigenvalue weighted by molar-refractivity contribution is 7.11. The number of methoxy groups -OCH3 is 1. The highest BCUT2D eigenvalue weighted by Crippen LogP contribution is 2.12. The molecule has 0 saturated carbocycles. The number of guanidine groups is 1. The van der Waals surface area contributed by atoms with Crippen LogP contribution in [0.1, 0.15) is 16.8 Å². The van der Waals surface area contributed by atoms with Gasteiger partial charge in [-0.25, -0.2) is 4.98 Å². The van der Waals surface area contributed by atoms with E-state index in [-0.39, 0.29) is 0 Å². The van der Waals surface area contributed by atoms with Gasteiger partial charge >= 0.3 is 0 Å². The molecule has 0 aliphatic rings. The number of aromatic nitrogens is 1. The summed E-state index contributed by atoms with van der Waals surface area (Å²) in [6.07, 6.45) is 2.97. The van der Waals surface area contributed by atoms with E-state index in [2.05, 4.69) is 27.5 Å². The van der Waals surface area contributed by atoms with Crippen LogP contribution in [-0.2, 0) is 17.7 Å². The first-order chi connectivity index (χ1) is 8.30. The van der Waals surface area contributed by atoms with Gasteiger partial charge in [0.2, 0.25) is 0 Å². The highest BCUT2D eigenvalue weighted by atomic mass is 32.1. The average Bonchev–Trinajstić information content (AvgIpc) is 2.81. The number of nitrogens with zero attached hydrogens (tertiary/aromatic N) is 2. The second-order valence-electron chi connectivity index (χ2n) is 3.42. The first-order valence-corrected chi connectivity index (χ1v) is 6.48. The molecule has 5 nitrogen and oxygen atoms in total. The lowest BCUT2D eigenvalue weighted by Gasteiger charge is -2.09. The van der Waals surface area contributed by atoms with Crippen molar-refractivity contribution in [1.29, 1.82) is 0 Å². The van der Waals surface area contributed by atoms with Gasteiger partial charge in [-0.1, -0.05) is 6.92 Å². The van der Waals surface area contributed by atoms with Crippen LogP contribution in [0.2, 0.25) is 0 Å². The van der Waals surface area contributed by atoms with Crippen molar-refractivity contribution >= 4 is 17.3 Å². The summed E-state index contributed by atoms with van der Waals surface area (Å²) in [7, 11) is 3.43. The topological polar surface area (TPSA) is 58.5 Å². The van der Waals surface area contributed by atoms with Crippen LogP contribution in [0.4, 0.5) is 0 Å². The van der Waals surface area contributed by atoms with Crippen LogP contribution in [0.3, 0.4) is 0 Å². The molecule has 0 amide bonds. The fourth-order valence-corrected chi connectivity index (χ4v) is 2.05. The van der Waals surface area contributed by atoms with E-state index in [4.69, 9.17) is 4.74 Å². The van der Waals surface area contributed by atoms with Crippen LogP contribution in [-0.4, -0.2) is 38.3 Å². The molecule has 0 atom stereocenters. The molecule has 0 spiro atoms. The normalized spacial score (nSPS) is 11.6. The molecular weight excluding hydrogens is 236 g/mol. The molecule has 0 unspecified atom stereocenters. The lowest BCUT2D eigenvalue weighted by Crippen LogP contribution is -2.38. The molecular formula is C11H20N4OS. The van der Waals surface area contributed by atoms with E-state index in [0.29, 0.717) is 13.2 Å². The van der Waals surface area contributed by atoms with E-state index >= 15 is 0 Å². The van der Waals surface area contributed by atoms with Gasteiger partial charge in [0.05, 0.1) is 13.2 Å². The zero-order valence-electron chi connectivity index (χ0n) is 10.6. The van der Waals surface area contributed by atoms with E-state index in [9.17, 15) is 0 Å². The minimum absolute atomic E-state index is 0.665. The van der Waals surface area contributed by atoms with E-state index < -0.39 is 0 Å². The quantitative estimate of drug-likeness (QED) is 0.453. The van der Waals surface area contributed by atoms with Gasteiger partial charge < -0.3 is 15.4 Å². The first-order valence-electron chi connectivity index (χ1n) is 5.67. The number of aliphatic imine (C=N–C) groups is 1. The van der Waals surface area contributed by atoms with Gasteiger partial charge in [0, 0.05) is 31.8 Å². The number of rotatable bonds is 6. The van der Waals surface area contributed by atoms with Crippen molar-refractivity contribution in [1.82, 2.24) is 15.6 Å². The lowest BCUT2D eigenvalue weighted by molar-refractivity contribution is 0.203. The fraction of sp³-hybridized carbons (Fsp3) is 0.636. The van der Waals surface area contributed by atoms with Crippen molar-refractivity contribution in [3.63, 3.8) is 0 Å². The molecule has 1 aromatic rings. The highest BCUT2D eigenvalue weighted by Gasteiger charge is 2.02. The predicted octanol–water partition coefficient (Wildman–Crippen LogP) is 1.02. The minimum atomic E-state index is 0.665. The third-order valence-corrected chi connectivity index (χ3v) is 3.32. The van der Waals surface area contributed by atoms with Crippen LogP contribution in [0.25, 0.3) is 0 Å². The summed E-state index contributed by atoms with van der Waals surface area (Å²) in [5.74, 6) is 0.773. The fourth-order valence-electron chi connectivity index (χ4n) is 1.24. The minimum Gasteiger partial charge on any atom is -0.383 e.